The summed E-state index contributed by atoms with van der Waals surface area (Å²) < 4.78 is 30.5. The van der Waals surface area contributed by atoms with Crippen LogP contribution in [-0.4, -0.2) is 19.3 Å². The molecular weight excluding hydrogens is 340 g/mol. The highest BCUT2D eigenvalue weighted by atomic mass is 32.2. The molecule has 3 aromatic rings. The first-order chi connectivity index (χ1) is 11.9. The van der Waals surface area contributed by atoms with Crippen molar-refractivity contribution in [3.63, 3.8) is 0 Å². The van der Waals surface area contributed by atoms with E-state index >= 15 is 0 Å². The lowest BCUT2D eigenvalue weighted by Crippen LogP contribution is -2.07. The Morgan fingerprint density at radius 1 is 1.08 bits per heavy atom. The van der Waals surface area contributed by atoms with Crippen LogP contribution in [0, 0.1) is 0 Å². The molecule has 0 spiro atoms. The number of nitrogens with one attached hydrogen (secondary N) is 1. The number of aromatic nitrogens is 1. The third-order valence-electron chi connectivity index (χ3n) is 3.46. The largest absolute Gasteiger partial charge is 0.440 e. The van der Waals surface area contributed by atoms with Crippen molar-refractivity contribution < 1.29 is 17.6 Å². The Hall–Kier alpha value is -2.93. The molecule has 1 heterocycles. The molecule has 1 N–H and O–H groups in total. The Morgan fingerprint density at radius 2 is 1.76 bits per heavy atom. The highest BCUT2D eigenvalue weighted by molar-refractivity contribution is 7.90. The van der Waals surface area contributed by atoms with Gasteiger partial charge in [0.1, 0.15) is 5.75 Å². The van der Waals surface area contributed by atoms with Crippen molar-refractivity contribution in [3.05, 3.63) is 66.7 Å². The number of oxazole rings is 1. The Bertz CT molecular complexity index is 977. The van der Waals surface area contributed by atoms with E-state index in [2.05, 4.69) is 10.3 Å². The Morgan fingerprint density at radius 3 is 2.40 bits per heavy atom. The summed E-state index contributed by atoms with van der Waals surface area (Å²) in [5.41, 5.74) is 1.37. The molecule has 25 heavy (non-hydrogen) atoms. The van der Waals surface area contributed by atoms with E-state index in [9.17, 15) is 13.2 Å². The van der Waals surface area contributed by atoms with Gasteiger partial charge in [0.2, 0.25) is 11.8 Å². The fourth-order valence-corrected chi connectivity index (χ4v) is 3.48. The maximum Gasteiger partial charge on any atom is 0.221 e. The molecule has 0 aliphatic carbocycles. The molecule has 1 amide bonds. The lowest BCUT2D eigenvalue weighted by molar-refractivity contribution is -0.114. The number of rotatable bonds is 5. The zero-order chi connectivity index (χ0) is 17.9. The molecule has 0 fully saturated rings. The summed E-state index contributed by atoms with van der Waals surface area (Å²) in [4.78, 5) is 15.2. The fraction of sp³-hybridized carbons (Fsp3) is 0.111. The van der Waals surface area contributed by atoms with E-state index in [1.165, 1.54) is 25.3 Å². The SMILES string of the molecule is CC(=O)Nc1ccc(S(=O)(=O)Cc2ncc(-c3ccccc3)o2)cc1. The molecule has 0 aliphatic rings. The van der Waals surface area contributed by atoms with E-state index in [-0.39, 0.29) is 22.4 Å². The normalized spacial score (nSPS) is 11.2. The van der Waals surface area contributed by atoms with E-state index in [4.69, 9.17) is 4.42 Å². The molecule has 1 aromatic heterocycles. The molecule has 128 valence electrons. The van der Waals surface area contributed by atoms with E-state index in [1.807, 2.05) is 30.3 Å². The first-order valence-corrected chi connectivity index (χ1v) is 9.20. The van der Waals surface area contributed by atoms with Crippen LogP contribution >= 0.6 is 0 Å². The predicted octanol–water partition coefficient (Wildman–Crippen LogP) is 3.27. The molecule has 0 unspecified atom stereocenters. The third-order valence-corrected chi connectivity index (χ3v) is 5.08. The van der Waals surface area contributed by atoms with Gasteiger partial charge < -0.3 is 9.73 Å². The van der Waals surface area contributed by atoms with Crippen LogP contribution in [0.1, 0.15) is 12.8 Å². The summed E-state index contributed by atoms with van der Waals surface area (Å²) in [7, 11) is -3.60. The molecule has 0 radical (unpaired) electrons. The van der Waals surface area contributed by atoms with E-state index in [0.29, 0.717) is 11.4 Å². The molecule has 0 bridgehead atoms. The minimum absolute atomic E-state index is 0.129. The van der Waals surface area contributed by atoms with Crippen LogP contribution in [0.3, 0.4) is 0 Å². The molecule has 3 rings (SSSR count). The number of hydrogen-bond donors (Lipinski definition) is 1. The van der Waals surface area contributed by atoms with Crippen molar-refractivity contribution >= 4 is 21.4 Å². The van der Waals surface area contributed by atoms with Crippen LogP contribution in [0.4, 0.5) is 5.69 Å². The summed E-state index contributed by atoms with van der Waals surface area (Å²) in [6.45, 7) is 1.39. The summed E-state index contributed by atoms with van der Waals surface area (Å²) >= 11 is 0. The van der Waals surface area contributed by atoms with Gasteiger partial charge in [0, 0.05) is 18.2 Å². The van der Waals surface area contributed by atoms with Crippen LogP contribution in [0.15, 0.2) is 70.1 Å². The first kappa shape index (κ1) is 16.9. The van der Waals surface area contributed by atoms with Gasteiger partial charge in [0.05, 0.1) is 11.1 Å². The van der Waals surface area contributed by atoms with Gasteiger partial charge >= 0.3 is 0 Å². The number of carbonyl (C=O) groups is 1. The Balaban J connectivity index is 1.78. The molecular formula is C18H16N2O4S. The van der Waals surface area contributed by atoms with Gasteiger partial charge in [-0.1, -0.05) is 30.3 Å². The maximum atomic E-state index is 12.5. The lowest BCUT2D eigenvalue weighted by atomic mass is 10.2. The second-order valence-corrected chi connectivity index (χ2v) is 7.44. The van der Waals surface area contributed by atoms with Crippen molar-refractivity contribution in [3.8, 4) is 11.3 Å². The van der Waals surface area contributed by atoms with Crippen molar-refractivity contribution in [2.45, 2.75) is 17.6 Å². The molecule has 0 saturated heterocycles. The van der Waals surface area contributed by atoms with Gasteiger partial charge in [-0.15, -0.1) is 0 Å². The van der Waals surface area contributed by atoms with E-state index in [1.54, 1.807) is 12.1 Å². The molecule has 0 atom stereocenters. The number of carbonyl (C=O) groups excluding carboxylic acids is 1. The topological polar surface area (TPSA) is 89.3 Å². The average molecular weight is 356 g/mol. The second kappa shape index (κ2) is 6.90. The zero-order valence-corrected chi connectivity index (χ0v) is 14.3. The average Bonchev–Trinajstić information content (AvgIpc) is 3.03. The number of benzene rings is 2. The fourth-order valence-electron chi connectivity index (χ4n) is 2.31. The van der Waals surface area contributed by atoms with Crippen LogP contribution in [0.5, 0.6) is 0 Å². The van der Waals surface area contributed by atoms with Crippen molar-refractivity contribution in [1.82, 2.24) is 4.98 Å². The van der Waals surface area contributed by atoms with Crippen molar-refractivity contribution in [2.75, 3.05) is 5.32 Å². The Kier molecular flexibility index (Phi) is 4.67. The second-order valence-electron chi connectivity index (χ2n) is 5.45. The van der Waals surface area contributed by atoms with Gasteiger partial charge in [-0.05, 0) is 24.3 Å². The van der Waals surface area contributed by atoms with Gasteiger partial charge in [0.15, 0.2) is 15.6 Å². The van der Waals surface area contributed by atoms with E-state index in [0.717, 1.165) is 5.56 Å². The highest BCUT2D eigenvalue weighted by Crippen LogP contribution is 2.23. The monoisotopic (exact) mass is 356 g/mol. The van der Waals surface area contributed by atoms with Crippen LogP contribution in [0.2, 0.25) is 0 Å². The summed E-state index contributed by atoms with van der Waals surface area (Å²) in [5.74, 6) is 0.0969. The number of sulfone groups is 1. The van der Waals surface area contributed by atoms with Crippen molar-refractivity contribution in [1.29, 1.82) is 0 Å². The van der Waals surface area contributed by atoms with Gasteiger partial charge in [-0.2, -0.15) is 0 Å². The predicted molar refractivity (Wildman–Crippen MR) is 93.6 cm³/mol. The number of nitrogens with zero attached hydrogens (tertiary/aromatic N) is 1. The third kappa shape index (κ3) is 4.13. The molecule has 2 aromatic carbocycles. The van der Waals surface area contributed by atoms with Gasteiger partial charge in [-0.25, -0.2) is 13.4 Å². The van der Waals surface area contributed by atoms with Crippen molar-refractivity contribution in [2.24, 2.45) is 0 Å². The minimum Gasteiger partial charge on any atom is -0.440 e. The first-order valence-electron chi connectivity index (χ1n) is 7.54. The summed E-state index contributed by atoms with van der Waals surface area (Å²) in [6, 6.07) is 15.3. The molecule has 0 aliphatic heterocycles. The maximum absolute atomic E-state index is 12.5. The highest BCUT2D eigenvalue weighted by Gasteiger charge is 2.19. The quantitative estimate of drug-likeness (QED) is 0.758. The molecule has 7 heteroatoms. The van der Waals surface area contributed by atoms with Gasteiger partial charge in [0.25, 0.3) is 0 Å². The minimum atomic E-state index is -3.60. The van der Waals surface area contributed by atoms with Crippen LogP contribution in [-0.2, 0) is 20.4 Å². The lowest BCUT2D eigenvalue weighted by Gasteiger charge is -2.05. The standard InChI is InChI=1S/C18H16N2O4S/c1-13(21)20-15-7-9-16(10-8-15)25(22,23)12-18-19-11-17(24-18)14-5-3-2-4-6-14/h2-11H,12H2,1H3,(H,20,21). The van der Waals surface area contributed by atoms with E-state index < -0.39 is 9.84 Å². The molecule has 0 saturated carbocycles. The summed E-state index contributed by atoms with van der Waals surface area (Å²) in [5, 5.41) is 2.59. The van der Waals surface area contributed by atoms with Crippen LogP contribution in [0.25, 0.3) is 11.3 Å². The number of anilines is 1. The van der Waals surface area contributed by atoms with Crippen LogP contribution < -0.4 is 5.32 Å². The smallest absolute Gasteiger partial charge is 0.221 e. The van der Waals surface area contributed by atoms with Gasteiger partial charge in [-0.3, -0.25) is 4.79 Å². The number of amides is 1. The zero-order valence-electron chi connectivity index (χ0n) is 13.5. The number of hydrogen-bond acceptors (Lipinski definition) is 5. The summed E-state index contributed by atoms with van der Waals surface area (Å²) in [6.07, 6.45) is 1.51. The Labute approximate surface area is 145 Å². The molecule has 6 nitrogen and oxygen atoms in total.